The van der Waals surface area contributed by atoms with Crippen molar-refractivity contribution in [1.82, 2.24) is 4.90 Å². The van der Waals surface area contributed by atoms with Gasteiger partial charge in [0.25, 0.3) is 0 Å². The minimum Gasteiger partial charge on any atom is -0.494 e. The first-order valence-electron chi connectivity index (χ1n) is 14.2. The van der Waals surface area contributed by atoms with Crippen molar-refractivity contribution in [2.75, 3.05) is 32.9 Å². The Hall–Kier alpha value is -4.11. The van der Waals surface area contributed by atoms with Gasteiger partial charge in [-0.1, -0.05) is 29.8 Å². The third kappa shape index (κ3) is 10.4. The summed E-state index contributed by atoms with van der Waals surface area (Å²) in [7, 11) is 0. The number of carbonyl (C=O) groups excluding carboxylic acids is 1. The number of unbranched alkanes of at least 4 members (excludes halogenated alkanes) is 1. The molecule has 0 radical (unpaired) electrons. The van der Waals surface area contributed by atoms with E-state index in [1.807, 2.05) is 32.9 Å². The number of carboxylic acid groups (broad SMARTS) is 1. The molecule has 0 aliphatic heterocycles. The van der Waals surface area contributed by atoms with Crippen LogP contribution in [0.4, 0.5) is 9.18 Å². The molecule has 3 rings (SSSR count). The molecule has 42 heavy (non-hydrogen) atoms. The number of aryl methyl sites for hydroxylation is 3. The van der Waals surface area contributed by atoms with Crippen LogP contribution in [0.15, 0.2) is 60.7 Å². The quantitative estimate of drug-likeness (QED) is 0.192. The van der Waals surface area contributed by atoms with Crippen LogP contribution in [0.2, 0.25) is 0 Å². The van der Waals surface area contributed by atoms with Crippen molar-refractivity contribution in [2.24, 2.45) is 0 Å². The maximum atomic E-state index is 13.2. The van der Waals surface area contributed by atoms with E-state index in [1.54, 1.807) is 48.2 Å². The zero-order valence-electron chi connectivity index (χ0n) is 24.7. The van der Waals surface area contributed by atoms with Gasteiger partial charge in [0, 0.05) is 19.6 Å². The number of ether oxygens (including phenoxy) is 4. The standard InChI is InChI=1S/C33H40FNO7/c1-5-39-30(32(36)37)22-26-8-12-28(13-9-26)41-19-17-35(16-6-7-18-40-29-14-10-27(34)11-15-29)33(38)42-31-24(3)20-23(2)21-25(31)4/h8-15,20-21,30H,5-7,16-19,22H2,1-4H3,(H,36,37). The highest BCUT2D eigenvalue weighted by Crippen LogP contribution is 2.25. The minimum absolute atomic E-state index is 0.239. The second kappa shape index (κ2) is 16.4. The number of carbonyl (C=O) groups is 2. The summed E-state index contributed by atoms with van der Waals surface area (Å²) >= 11 is 0. The molecule has 3 aromatic rings. The topological polar surface area (TPSA) is 94.5 Å². The molecule has 0 aliphatic rings. The Kier molecular flexibility index (Phi) is 12.6. The molecule has 1 unspecified atom stereocenters. The minimum atomic E-state index is -0.998. The number of carboxylic acids is 1. The number of aliphatic carboxylic acids is 1. The molecule has 1 N–H and O–H groups in total. The number of hydrogen-bond acceptors (Lipinski definition) is 6. The van der Waals surface area contributed by atoms with Gasteiger partial charge in [-0.2, -0.15) is 0 Å². The van der Waals surface area contributed by atoms with Gasteiger partial charge in [0.15, 0.2) is 6.10 Å². The lowest BCUT2D eigenvalue weighted by Gasteiger charge is -2.23. The van der Waals surface area contributed by atoms with E-state index in [4.69, 9.17) is 18.9 Å². The van der Waals surface area contributed by atoms with E-state index < -0.39 is 18.2 Å². The highest BCUT2D eigenvalue weighted by atomic mass is 19.1. The second-order valence-corrected chi connectivity index (χ2v) is 10.1. The van der Waals surface area contributed by atoms with Crippen molar-refractivity contribution in [3.8, 4) is 17.2 Å². The largest absolute Gasteiger partial charge is 0.494 e. The Morgan fingerprint density at radius 3 is 2.05 bits per heavy atom. The van der Waals surface area contributed by atoms with Crippen LogP contribution in [0.5, 0.6) is 17.2 Å². The molecule has 0 aliphatic carbocycles. The molecular formula is C33H40FNO7. The molecule has 0 aromatic heterocycles. The van der Waals surface area contributed by atoms with Gasteiger partial charge in [0.2, 0.25) is 0 Å². The molecule has 226 valence electrons. The molecule has 0 heterocycles. The van der Waals surface area contributed by atoms with Gasteiger partial charge in [-0.05, 0) is 93.6 Å². The first-order valence-corrected chi connectivity index (χ1v) is 14.2. The second-order valence-electron chi connectivity index (χ2n) is 10.1. The molecule has 0 bridgehead atoms. The highest BCUT2D eigenvalue weighted by Gasteiger charge is 2.19. The van der Waals surface area contributed by atoms with Crippen LogP contribution in [0.3, 0.4) is 0 Å². The summed E-state index contributed by atoms with van der Waals surface area (Å²) in [6.07, 6.45) is 0.251. The number of rotatable bonds is 16. The van der Waals surface area contributed by atoms with E-state index in [2.05, 4.69) is 0 Å². The molecule has 3 aromatic carbocycles. The van der Waals surface area contributed by atoms with Gasteiger partial charge in [0.1, 0.15) is 29.7 Å². The summed E-state index contributed by atoms with van der Waals surface area (Å²) in [6, 6.07) is 17.0. The lowest BCUT2D eigenvalue weighted by molar-refractivity contribution is -0.149. The molecule has 8 nitrogen and oxygen atoms in total. The predicted molar refractivity (Wildman–Crippen MR) is 158 cm³/mol. The van der Waals surface area contributed by atoms with Gasteiger partial charge in [0.05, 0.1) is 13.2 Å². The fourth-order valence-electron chi connectivity index (χ4n) is 4.53. The van der Waals surface area contributed by atoms with Crippen LogP contribution in [0, 0.1) is 26.6 Å². The molecule has 1 atom stereocenters. The summed E-state index contributed by atoms with van der Waals surface area (Å²) < 4.78 is 35.8. The van der Waals surface area contributed by atoms with Gasteiger partial charge < -0.3 is 29.0 Å². The molecule has 9 heteroatoms. The molecule has 0 saturated heterocycles. The van der Waals surface area contributed by atoms with E-state index in [0.717, 1.165) is 22.3 Å². The maximum Gasteiger partial charge on any atom is 0.415 e. The smallest absolute Gasteiger partial charge is 0.415 e. The Morgan fingerprint density at radius 2 is 1.45 bits per heavy atom. The lowest BCUT2D eigenvalue weighted by Crippen LogP contribution is -2.38. The highest BCUT2D eigenvalue weighted by molar-refractivity contribution is 5.73. The number of nitrogens with zero attached hydrogens (tertiary/aromatic N) is 1. The normalized spacial score (nSPS) is 11.5. The SMILES string of the molecule is CCOC(Cc1ccc(OCCN(CCCCOc2ccc(F)cc2)C(=O)Oc2c(C)cc(C)cc2C)cc1)C(=O)O. The third-order valence-electron chi connectivity index (χ3n) is 6.57. The van der Waals surface area contributed by atoms with Crippen LogP contribution in [-0.4, -0.2) is 61.1 Å². The van der Waals surface area contributed by atoms with Gasteiger partial charge >= 0.3 is 12.1 Å². The zero-order chi connectivity index (χ0) is 30.5. The fraction of sp³-hybridized carbons (Fsp3) is 0.394. The van der Waals surface area contributed by atoms with E-state index in [9.17, 15) is 19.1 Å². The first kappa shape index (κ1) is 32.4. The van der Waals surface area contributed by atoms with Crippen LogP contribution < -0.4 is 14.2 Å². The molecular weight excluding hydrogens is 541 g/mol. The van der Waals surface area contributed by atoms with Crippen LogP contribution in [0.25, 0.3) is 0 Å². The van der Waals surface area contributed by atoms with Gasteiger partial charge in [-0.3, -0.25) is 0 Å². The zero-order valence-corrected chi connectivity index (χ0v) is 24.7. The molecule has 0 saturated carbocycles. The third-order valence-corrected chi connectivity index (χ3v) is 6.57. The summed E-state index contributed by atoms with van der Waals surface area (Å²) in [5.74, 6) is 0.435. The number of halogens is 1. The van der Waals surface area contributed by atoms with Gasteiger partial charge in [-0.15, -0.1) is 0 Å². The van der Waals surface area contributed by atoms with Crippen LogP contribution in [-0.2, 0) is 16.0 Å². The molecule has 1 amide bonds. The van der Waals surface area contributed by atoms with E-state index in [-0.39, 0.29) is 18.8 Å². The monoisotopic (exact) mass is 581 g/mol. The molecule has 0 spiro atoms. The summed E-state index contributed by atoms with van der Waals surface area (Å²) in [4.78, 5) is 26.2. The summed E-state index contributed by atoms with van der Waals surface area (Å²) in [5, 5.41) is 9.31. The van der Waals surface area contributed by atoms with Crippen molar-refractivity contribution in [3.63, 3.8) is 0 Å². The van der Waals surface area contributed by atoms with Crippen LogP contribution >= 0.6 is 0 Å². The average molecular weight is 582 g/mol. The Labute approximate surface area is 247 Å². The van der Waals surface area contributed by atoms with E-state index in [0.29, 0.717) is 56.4 Å². The first-order chi connectivity index (χ1) is 20.2. The Bertz CT molecular complexity index is 1270. The Morgan fingerprint density at radius 1 is 0.857 bits per heavy atom. The average Bonchev–Trinajstić information content (AvgIpc) is 2.95. The maximum absolute atomic E-state index is 13.2. The van der Waals surface area contributed by atoms with Crippen molar-refractivity contribution >= 4 is 12.1 Å². The molecule has 0 fully saturated rings. The van der Waals surface area contributed by atoms with E-state index in [1.165, 1.54) is 12.1 Å². The lowest BCUT2D eigenvalue weighted by atomic mass is 10.1. The van der Waals surface area contributed by atoms with Crippen LogP contribution in [0.1, 0.15) is 42.0 Å². The van der Waals surface area contributed by atoms with Crippen molar-refractivity contribution in [2.45, 2.75) is 53.1 Å². The van der Waals surface area contributed by atoms with E-state index >= 15 is 0 Å². The van der Waals surface area contributed by atoms with Gasteiger partial charge in [-0.25, -0.2) is 14.0 Å². The number of amides is 1. The van der Waals surface area contributed by atoms with Crippen molar-refractivity contribution in [3.05, 3.63) is 88.7 Å². The predicted octanol–water partition coefficient (Wildman–Crippen LogP) is 6.52. The van der Waals surface area contributed by atoms with Crippen molar-refractivity contribution in [1.29, 1.82) is 0 Å². The number of hydrogen-bond donors (Lipinski definition) is 1. The summed E-state index contributed by atoms with van der Waals surface area (Å²) in [5.41, 5.74) is 3.69. The number of benzene rings is 3. The van der Waals surface area contributed by atoms with Crippen molar-refractivity contribution < 1.29 is 38.0 Å². The summed E-state index contributed by atoms with van der Waals surface area (Å²) in [6.45, 7) is 9.32. The Balaban J connectivity index is 1.57. The fourth-order valence-corrected chi connectivity index (χ4v) is 4.53.